The molecule has 1 N–H and O–H groups in total. The molecule has 2 aliphatic rings. The maximum atomic E-state index is 12.8. The molecule has 4 heteroatoms. The molecule has 1 fully saturated rings. The molecule has 0 aromatic heterocycles. The lowest BCUT2D eigenvalue weighted by Gasteiger charge is -2.38. The van der Waals surface area contributed by atoms with Crippen LogP contribution in [0.1, 0.15) is 31.1 Å². The number of nitrogens with one attached hydrogen (secondary N) is 1. The van der Waals surface area contributed by atoms with E-state index < -0.39 is 6.10 Å². The highest BCUT2D eigenvalue weighted by atomic mass is 16.5. The van der Waals surface area contributed by atoms with Gasteiger partial charge in [-0.15, -0.1) is 0 Å². The van der Waals surface area contributed by atoms with Crippen molar-refractivity contribution in [3.05, 3.63) is 35.4 Å². The normalized spacial score (nSPS) is 29.9. The number of ether oxygens (including phenoxy) is 1. The van der Waals surface area contributed by atoms with Crippen molar-refractivity contribution in [3.63, 3.8) is 0 Å². The van der Waals surface area contributed by atoms with Gasteiger partial charge in [0.2, 0.25) is 0 Å². The second-order valence-corrected chi connectivity index (χ2v) is 5.91. The summed E-state index contributed by atoms with van der Waals surface area (Å²) in [7, 11) is 0. The Morgan fingerprint density at radius 3 is 2.70 bits per heavy atom. The Bertz CT molecular complexity index is 493. The molecule has 4 nitrogen and oxygen atoms in total. The summed E-state index contributed by atoms with van der Waals surface area (Å²) in [6.07, 6.45) is 0.478. The van der Waals surface area contributed by atoms with E-state index in [0.717, 1.165) is 25.1 Å². The monoisotopic (exact) mass is 274 g/mol. The lowest BCUT2D eigenvalue weighted by atomic mass is 9.96. The van der Waals surface area contributed by atoms with Gasteiger partial charge in [-0.05, 0) is 31.4 Å². The average Bonchev–Trinajstić information content (AvgIpc) is 2.45. The zero-order valence-corrected chi connectivity index (χ0v) is 12.1. The van der Waals surface area contributed by atoms with E-state index in [1.54, 1.807) is 0 Å². The van der Waals surface area contributed by atoms with E-state index >= 15 is 0 Å². The number of hydrogen-bond acceptors (Lipinski definition) is 3. The molecule has 0 bridgehead atoms. The third-order valence-electron chi connectivity index (χ3n) is 4.09. The molecule has 1 saturated heterocycles. The quantitative estimate of drug-likeness (QED) is 0.844. The molecule has 0 aliphatic carbocycles. The summed E-state index contributed by atoms with van der Waals surface area (Å²) < 4.78 is 5.78. The van der Waals surface area contributed by atoms with E-state index in [1.807, 2.05) is 23.1 Å². The maximum absolute atomic E-state index is 12.8. The maximum Gasteiger partial charge on any atom is 0.256 e. The van der Waals surface area contributed by atoms with Crippen LogP contribution in [0.15, 0.2) is 24.3 Å². The highest BCUT2D eigenvalue weighted by Crippen LogP contribution is 2.29. The molecular weight excluding hydrogens is 252 g/mol. The van der Waals surface area contributed by atoms with Crippen molar-refractivity contribution in [2.75, 3.05) is 19.7 Å². The van der Waals surface area contributed by atoms with E-state index in [2.05, 4.69) is 25.2 Å². The van der Waals surface area contributed by atoms with E-state index in [-0.39, 0.29) is 5.91 Å². The van der Waals surface area contributed by atoms with Crippen LogP contribution >= 0.6 is 0 Å². The first-order chi connectivity index (χ1) is 9.65. The van der Waals surface area contributed by atoms with Crippen molar-refractivity contribution < 1.29 is 9.53 Å². The van der Waals surface area contributed by atoms with E-state index in [0.29, 0.717) is 18.7 Å². The topological polar surface area (TPSA) is 41.6 Å². The summed E-state index contributed by atoms with van der Waals surface area (Å²) in [5.41, 5.74) is 2.29. The van der Waals surface area contributed by atoms with Gasteiger partial charge < -0.3 is 15.0 Å². The fourth-order valence-corrected chi connectivity index (χ4v) is 3.27. The number of hydrogen-bond donors (Lipinski definition) is 1. The summed E-state index contributed by atoms with van der Waals surface area (Å²) in [6.45, 7) is 6.37. The van der Waals surface area contributed by atoms with Gasteiger partial charge in [0.25, 0.3) is 5.91 Å². The Hall–Kier alpha value is -1.39. The van der Waals surface area contributed by atoms with Gasteiger partial charge in [-0.25, -0.2) is 0 Å². The minimum atomic E-state index is -0.419. The Morgan fingerprint density at radius 1 is 1.25 bits per heavy atom. The number of benzene rings is 1. The van der Waals surface area contributed by atoms with Gasteiger partial charge in [-0.2, -0.15) is 0 Å². The molecule has 3 unspecified atom stereocenters. The molecule has 1 aromatic rings. The third kappa shape index (κ3) is 2.58. The molecule has 3 rings (SSSR count). The molecule has 0 radical (unpaired) electrons. The molecule has 0 saturated carbocycles. The van der Waals surface area contributed by atoms with Crippen LogP contribution in [-0.4, -0.2) is 42.6 Å². The largest absolute Gasteiger partial charge is 0.363 e. The van der Waals surface area contributed by atoms with Crippen LogP contribution in [0.3, 0.4) is 0 Å². The molecule has 1 amide bonds. The minimum Gasteiger partial charge on any atom is -0.363 e. The Kier molecular flexibility index (Phi) is 3.76. The fraction of sp³-hybridized carbons (Fsp3) is 0.562. The van der Waals surface area contributed by atoms with E-state index in [1.165, 1.54) is 5.56 Å². The number of rotatable bonds is 1. The zero-order chi connectivity index (χ0) is 14.1. The van der Waals surface area contributed by atoms with Crippen LogP contribution in [0.25, 0.3) is 0 Å². The smallest absolute Gasteiger partial charge is 0.256 e. The number of piperazine rings is 1. The highest BCUT2D eigenvalue weighted by molar-refractivity contribution is 5.83. The Labute approximate surface area is 120 Å². The molecule has 0 spiro atoms. The number of nitrogens with zero attached hydrogens (tertiary/aromatic N) is 1. The van der Waals surface area contributed by atoms with Crippen molar-refractivity contribution in [3.8, 4) is 0 Å². The summed E-state index contributed by atoms with van der Waals surface area (Å²) in [5.74, 6) is 0.109. The molecule has 1 aromatic carbocycles. The predicted molar refractivity (Wildman–Crippen MR) is 77.5 cm³/mol. The molecular formula is C16H22N2O2. The lowest BCUT2D eigenvalue weighted by Crippen LogP contribution is -2.57. The van der Waals surface area contributed by atoms with Crippen LogP contribution in [0.4, 0.5) is 0 Å². The van der Waals surface area contributed by atoms with E-state index in [4.69, 9.17) is 4.74 Å². The first-order valence-electron chi connectivity index (χ1n) is 7.39. The molecule has 2 aliphatic heterocycles. The number of carbonyl (C=O) groups excluding carboxylic acids is 1. The SMILES string of the molecule is CC1CN(C(=O)C2OCCc3ccccc32)CC(C)N1. The second-order valence-electron chi connectivity index (χ2n) is 5.91. The van der Waals surface area contributed by atoms with Gasteiger partial charge in [0.05, 0.1) is 6.61 Å². The van der Waals surface area contributed by atoms with Crippen LogP contribution in [0, 0.1) is 0 Å². The van der Waals surface area contributed by atoms with Crippen molar-refractivity contribution in [2.45, 2.75) is 38.5 Å². The number of fused-ring (bicyclic) bond motifs is 1. The van der Waals surface area contributed by atoms with Crippen LogP contribution < -0.4 is 5.32 Å². The van der Waals surface area contributed by atoms with Gasteiger partial charge in [-0.3, -0.25) is 4.79 Å². The average molecular weight is 274 g/mol. The van der Waals surface area contributed by atoms with Gasteiger partial charge in [0.15, 0.2) is 6.10 Å². The Balaban J connectivity index is 1.81. The summed E-state index contributed by atoms with van der Waals surface area (Å²) in [6, 6.07) is 8.80. The molecule has 3 atom stereocenters. The van der Waals surface area contributed by atoms with Gasteiger partial charge in [0.1, 0.15) is 0 Å². The van der Waals surface area contributed by atoms with Crippen molar-refractivity contribution in [2.24, 2.45) is 0 Å². The third-order valence-corrected chi connectivity index (χ3v) is 4.09. The number of carbonyl (C=O) groups is 1. The fourth-order valence-electron chi connectivity index (χ4n) is 3.27. The van der Waals surface area contributed by atoms with Crippen LogP contribution in [-0.2, 0) is 16.0 Å². The van der Waals surface area contributed by atoms with Crippen LogP contribution in [0.2, 0.25) is 0 Å². The summed E-state index contributed by atoms with van der Waals surface area (Å²) in [5, 5.41) is 3.45. The van der Waals surface area contributed by atoms with Gasteiger partial charge in [0, 0.05) is 25.2 Å². The summed E-state index contributed by atoms with van der Waals surface area (Å²) in [4.78, 5) is 14.7. The van der Waals surface area contributed by atoms with Crippen molar-refractivity contribution in [1.82, 2.24) is 10.2 Å². The van der Waals surface area contributed by atoms with Crippen molar-refractivity contribution in [1.29, 1.82) is 0 Å². The van der Waals surface area contributed by atoms with Crippen LogP contribution in [0.5, 0.6) is 0 Å². The first-order valence-corrected chi connectivity index (χ1v) is 7.39. The number of amides is 1. The second kappa shape index (κ2) is 5.54. The molecule has 2 heterocycles. The van der Waals surface area contributed by atoms with Gasteiger partial charge in [-0.1, -0.05) is 24.3 Å². The highest BCUT2D eigenvalue weighted by Gasteiger charge is 2.33. The molecule has 20 heavy (non-hydrogen) atoms. The Morgan fingerprint density at radius 2 is 1.95 bits per heavy atom. The standard InChI is InChI=1S/C16H22N2O2/c1-11-9-18(10-12(2)17-11)16(19)15-14-6-4-3-5-13(14)7-8-20-15/h3-6,11-12,15,17H,7-10H2,1-2H3. The minimum absolute atomic E-state index is 0.109. The van der Waals surface area contributed by atoms with Crippen molar-refractivity contribution >= 4 is 5.91 Å². The molecule has 108 valence electrons. The summed E-state index contributed by atoms with van der Waals surface area (Å²) >= 11 is 0. The predicted octanol–water partition coefficient (Wildman–Crippen LogP) is 1.51. The van der Waals surface area contributed by atoms with Gasteiger partial charge >= 0.3 is 0 Å². The van der Waals surface area contributed by atoms with E-state index in [9.17, 15) is 4.79 Å². The lowest BCUT2D eigenvalue weighted by molar-refractivity contribution is -0.147. The first kappa shape index (κ1) is 13.6. The zero-order valence-electron chi connectivity index (χ0n) is 12.1.